The summed E-state index contributed by atoms with van der Waals surface area (Å²) in [6, 6.07) is 0. The summed E-state index contributed by atoms with van der Waals surface area (Å²) in [7, 11) is -1.46. The van der Waals surface area contributed by atoms with Crippen molar-refractivity contribution >= 4 is 8.07 Å². The van der Waals surface area contributed by atoms with E-state index in [0.29, 0.717) is 0 Å². The SMILES string of the molecule is CCCC1C(C)C(C)C([Si](C)(C)C2C3C=CC=C[C@H]3[C@H]3C=CC=CC23)C1C. The Kier molecular flexibility index (Phi) is 5.21. The van der Waals surface area contributed by atoms with Crippen LogP contribution in [0.5, 0.6) is 0 Å². The second-order valence-electron chi connectivity index (χ2n) is 10.8. The summed E-state index contributed by atoms with van der Waals surface area (Å²) >= 11 is 0. The van der Waals surface area contributed by atoms with E-state index in [1.807, 2.05) is 0 Å². The topological polar surface area (TPSA) is 0 Å². The van der Waals surface area contributed by atoms with Gasteiger partial charge in [0.05, 0.1) is 8.07 Å². The maximum Gasteiger partial charge on any atom is 0.0553 e. The molecule has 0 bridgehead atoms. The van der Waals surface area contributed by atoms with Crippen molar-refractivity contribution in [3.63, 3.8) is 0 Å². The molecule has 0 aromatic carbocycles. The van der Waals surface area contributed by atoms with Crippen molar-refractivity contribution in [2.75, 3.05) is 0 Å². The van der Waals surface area contributed by atoms with Gasteiger partial charge < -0.3 is 0 Å². The Bertz CT molecular complexity index is 632. The molecular formula is C26H40Si. The third-order valence-corrected chi connectivity index (χ3v) is 14.6. The molecule has 2 saturated carbocycles. The fourth-order valence-electron chi connectivity index (χ4n) is 8.40. The van der Waals surface area contributed by atoms with Gasteiger partial charge in [0.25, 0.3) is 0 Å². The van der Waals surface area contributed by atoms with Gasteiger partial charge in [-0.15, -0.1) is 0 Å². The Morgan fingerprint density at radius 3 is 1.59 bits per heavy atom. The molecule has 0 aromatic heterocycles. The lowest BCUT2D eigenvalue weighted by atomic mass is 9.83. The van der Waals surface area contributed by atoms with E-state index >= 15 is 0 Å². The first-order valence-corrected chi connectivity index (χ1v) is 14.7. The molecule has 0 amide bonds. The lowest BCUT2D eigenvalue weighted by molar-refractivity contribution is 0.301. The molecule has 10 atom stereocenters. The first-order chi connectivity index (χ1) is 12.9. The van der Waals surface area contributed by atoms with Gasteiger partial charge in [0, 0.05) is 0 Å². The minimum Gasteiger partial charge on any atom is -0.0808 e. The van der Waals surface area contributed by atoms with Crippen LogP contribution in [-0.2, 0) is 0 Å². The molecule has 27 heavy (non-hydrogen) atoms. The Morgan fingerprint density at radius 1 is 0.630 bits per heavy atom. The Morgan fingerprint density at radius 2 is 1.11 bits per heavy atom. The van der Waals surface area contributed by atoms with Crippen molar-refractivity contribution in [2.24, 2.45) is 47.3 Å². The van der Waals surface area contributed by atoms with Gasteiger partial charge in [-0.2, -0.15) is 0 Å². The van der Waals surface area contributed by atoms with Gasteiger partial charge in [0.2, 0.25) is 0 Å². The van der Waals surface area contributed by atoms with E-state index in [-0.39, 0.29) is 0 Å². The number of hydrogen-bond donors (Lipinski definition) is 0. The quantitative estimate of drug-likeness (QED) is 0.443. The molecular weight excluding hydrogens is 340 g/mol. The number of rotatable bonds is 4. The molecule has 0 heterocycles. The average Bonchev–Trinajstić information content (AvgIpc) is 3.10. The summed E-state index contributed by atoms with van der Waals surface area (Å²) in [5.41, 5.74) is 1.85. The van der Waals surface area contributed by atoms with Gasteiger partial charge in [-0.25, -0.2) is 0 Å². The van der Waals surface area contributed by atoms with Crippen LogP contribution >= 0.6 is 0 Å². The van der Waals surface area contributed by atoms with Gasteiger partial charge in [-0.1, -0.05) is 102 Å². The summed E-state index contributed by atoms with van der Waals surface area (Å²) in [6.07, 6.45) is 22.3. The molecule has 0 spiro atoms. The number of hydrogen-bond acceptors (Lipinski definition) is 0. The maximum absolute atomic E-state index is 2.77. The molecule has 0 nitrogen and oxygen atoms in total. The van der Waals surface area contributed by atoms with Gasteiger partial charge in [0.15, 0.2) is 0 Å². The fraction of sp³-hybridized carbons (Fsp3) is 0.692. The minimum absolute atomic E-state index is 0.730. The molecule has 4 rings (SSSR count). The second kappa shape index (κ2) is 7.21. The maximum atomic E-state index is 2.77. The van der Waals surface area contributed by atoms with E-state index in [9.17, 15) is 0 Å². The highest BCUT2D eigenvalue weighted by molar-refractivity contribution is 6.80. The zero-order valence-electron chi connectivity index (χ0n) is 18.3. The molecule has 0 N–H and O–H groups in total. The highest BCUT2D eigenvalue weighted by Crippen LogP contribution is 2.65. The second-order valence-corrected chi connectivity index (χ2v) is 15.7. The fourth-order valence-corrected chi connectivity index (χ4v) is 14.8. The smallest absolute Gasteiger partial charge is 0.0553 e. The van der Waals surface area contributed by atoms with Crippen LogP contribution in [0.15, 0.2) is 48.6 Å². The summed E-state index contributed by atoms with van der Waals surface area (Å²) in [6.45, 7) is 15.7. The van der Waals surface area contributed by atoms with E-state index < -0.39 is 8.07 Å². The van der Waals surface area contributed by atoms with E-state index in [1.165, 1.54) is 12.8 Å². The first kappa shape index (κ1) is 19.5. The highest BCUT2D eigenvalue weighted by atomic mass is 28.3. The van der Waals surface area contributed by atoms with Crippen LogP contribution in [0.2, 0.25) is 24.2 Å². The van der Waals surface area contributed by atoms with Crippen LogP contribution in [-0.4, -0.2) is 8.07 Å². The molecule has 4 aliphatic rings. The minimum atomic E-state index is -1.46. The molecule has 1 heteroatoms. The van der Waals surface area contributed by atoms with E-state index in [4.69, 9.17) is 0 Å². The van der Waals surface area contributed by atoms with Gasteiger partial charge in [0.1, 0.15) is 0 Å². The van der Waals surface area contributed by atoms with Crippen molar-refractivity contribution in [3.8, 4) is 0 Å². The summed E-state index contributed by atoms with van der Waals surface area (Å²) in [4.78, 5) is 0. The molecule has 0 aliphatic heterocycles. The molecule has 0 saturated heterocycles. The van der Waals surface area contributed by atoms with Gasteiger partial charge >= 0.3 is 0 Å². The summed E-state index contributed by atoms with van der Waals surface area (Å²) in [5, 5.41) is 0. The first-order valence-electron chi connectivity index (χ1n) is 11.6. The molecule has 148 valence electrons. The molecule has 0 radical (unpaired) electrons. The standard InChI is InChI=1S/C26H40Si/c1-7-12-20-17(2)18(3)25(19(20)4)27(5,6)26-23-15-10-8-13-21(23)22-14-9-11-16-24(22)26/h8-11,13-26H,7,12H2,1-6H3/t17?,18?,19?,20?,21-,22+,23?,24?,25?,26?. The summed E-state index contributed by atoms with van der Waals surface area (Å²) in [5.74, 6) is 6.62. The third kappa shape index (κ3) is 2.91. The van der Waals surface area contributed by atoms with Crippen molar-refractivity contribution in [2.45, 2.75) is 64.7 Å². The van der Waals surface area contributed by atoms with E-state index in [2.05, 4.69) is 89.4 Å². The van der Waals surface area contributed by atoms with Crippen molar-refractivity contribution < 1.29 is 0 Å². The van der Waals surface area contributed by atoms with Crippen LogP contribution in [0.4, 0.5) is 0 Å². The van der Waals surface area contributed by atoms with Crippen LogP contribution in [0.1, 0.15) is 40.5 Å². The zero-order chi connectivity index (χ0) is 19.3. The van der Waals surface area contributed by atoms with Crippen molar-refractivity contribution in [1.82, 2.24) is 0 Å². The van der Waals surface area contributed by atoms with Gasteiger partial charge in [-0.3, -0.25) is 0 Å². The zero-order valence-corrected chi connectivity index (χ0v) is 19.3. The Balaban J connectivity index is 1.70. The predicted octanol–water partition coefficient (Wildman–Crippen LogP) is 7.50. The highest BCUT2D eigenvalue weighted by Gasteiger charge is 2.59. The van der Waals surface area contributed by atoms with Crippen molar-refractivity contribution in [3.05, 3.63) is 48.6 Å². The largest absolute Gasteiger partial charge is 0.0808 e. The average molecular weight is 381 g/mol. The number of allylic oxidation sites excluding steroid dienone is 8. The predicted molar refractivity (Wildman–Crippen MR) is 121 cm³/mol. The van der Waals surface area contributed by atoms with E-state index in [1.54, 1.807) is 0 Å². The monoisotopic (exact) mass is 380 g/mol. The normalized spacial score (nSPS) is 48.1. The molecule has 4 aliphatic carbocycles. The lowest BCUT2D eigenvalue weighted by Crippen LogP contribution is -2.45. The van der Waals surface area contributed by atoms with Crippen LogP contribution in [0.25, 0.3) is 0 Å². The van der Waals surface area contributed by atoms with Crippen LogP contribution in [0.3, 0.4) is 0 Å². The van der Waals surface area contributed by atoms with Crippen molar-refractivity contribution in [1.29, 1.82) is 0 Å². The third-order valence-electron chi connectivity index (χ3n) is 9.37. The molecule has 0 aromatic rings. The Hall–Kier alpha value is -0.823. The van der Waals surface area contributed by atoms with Crippen LogP contribution in [0, 0.1) is 47.3 Å². The van der Waals surface area contributed by atoms with Crippen LogP contribution < -0.4 is 0 Å². The molecule has 8 unspecified atom stereocenters. The summed E-state index contributed by atoms with van der Waals surface area (Å²) < 4.78 is 0. The number of fused-ring (bicyclic) bond motifs is 3. The lowest BCUT2D eigenvalue weighted by Gasteiger charge is -2.45. The molecule has 2 fully saturated rings. The van der Waals surface area contributed by atoms with E-state index in [0.717, 1.165) is 58.4 Å². The Labute approximate surface area is 168 Å². The van der Waals surface area contributed by atoms with Gasteiger partial charge in [-0.05, 0) is 58.4 Å².